The molecule has 0 bridgehead atoms. The number of nitrogens with one attached hydrogen (secondary N) is 2. The molecule has 3 N–H and O–H groups in total. The van der Waals surface area contributed by atoms with E-state index in [4.69, 9.17) is 13.9 Å². The van der Waals surface area contributed by atoms with Crippen molar-refractivity contribution in [1.82, 2.24) is 20.1 Å². The molecule has 9 nitrogen and oxygen atoms in total. The highest BCUT2D eigenvalue weighted by molar-refractivity contribution is 5.88. The van der Waals surface area contributed by atoms with Gasteiger partial charge < -0.3 is 34.2 Å². The van der Waals surface area contributed by atoms with E-state index >= 15 is 0 Å². The summed E-state index contributed by atoms with van der Waals surface area (Å²) in [6.07, 6.45) is 4.06. The zero-order chi connectivity index (χ0) is 29.2. The number of H-pyrrole nitrogens is 1. The number of aromatic amines is 1. The highest BCUT2D eigenvalue weighted by atomic mass is 19.1. The van der Waals surface area contributed by atoms with E-state index in [9.17, 15) is 18.7 Å². The fourth-order valence-electron chi connectivity index (χ4n) is 6.06. The number of rotatable bonds is 8. The van der Waals surface area contributed by atoms with E-state index < -0.39 is 17.7 Å². The van der Waals surface area contributed by atoms with Crippen LogP contribution >= 0.6 is 0 Å². The number of carbonyl (C=O) groups is 1. The Morgan fingerprint density at radius 1 is 1.14 bits per heavy atom. The van der Waals surface area contributed by atoms with Crippen molar-refractivity contribution in [3.63, 3.8) is 0 Å². The minimum Gasteiger partial charge on any atom is -0.488 e. The predicted octanol–water partition coefficient (Wildman–Crippen LogP) is 5.17. The normalized spacial score (nSPS) is 18.5. The number of hydrogen-bond acceptors (Lipinski definition) is 7. The monoisotopic (exact) mass is 582 g/mol. The van der Waals surface area contributed by atoms with Crippen LogP contribution in [0, 0.1) is 11.6 Å². The van der Waals surface area contributed by atoms with Crippen molar-refractivity contribution in [3.8, 4) is 11.6 Å². The van der Waals surface area contributed by atoms with Crippen LogP contribution in [0.2, 0.25) is 0 Å². The third kappa shape index (κ3) is 6.38. The molecule has 0 aliphatic carbocycles. The SMILES string of the molecule is C[C@@H](CN1CCC(NC(=O)Oc2cc3c(OCc4coc5cc(F)cc(F)c45)cccc3[nH]2)CC1)N1CCC(O)CC1. The number of likely N-dealkylation sites (tertiary alicyclic amines) is 2. The number of fused-ring (bicyclic) bond motifs is 2. The molecule has 11 heteroatoms. The van der Waals surface area contributed by atoms with Crippen molar-refractivity contribution in [1.29, 1.82) is 0 Å². The number of ether oxygens (including phenoxy) is 2. The highest BCUT2D eigenvalue weighted by Crippen LogP contribution is 2.32. The standard InChI is InChI=1S/C31H36F2N4O5/c1-19(37-11-7-23(38)8-12-37)16-36-9-5-22(6-10-36)34-31(39)42-29-15-24-26(35-29)3-2-4-27(24)40-17-20-18-41-28-14-21(32)13-25(33)30(20)28/h2-4,13-15,18-19,22-23,35,38H,5-12,16-17H2,1H3,(H,34,39)/t19-/m0/s1. The van der Waals surface area contributed by atoms with Gasteiger partial charge in [0.2, 0.25) is 5.88 Å². The van der Waals surface area contributed by atoms with Crippen molar-refractivity contribution in [3.05, 3.63) is 59.9 Å². The van der Waals surface area contributed by atoms with Crippen LogP contribution in [0.5, 0.6) is 11.6 Å². The number of amides is 1. The van der Waals surface area contributed by atoms with Gasteiger partial charge >= 0.3 is 6.09 Å². The first kappa shape index (κ1) is 28.4. The lowest BCUT2D eigenvalue weighted by molar-refractivity contribution is 0.0501. The Morgan fingerprint density at radius 3 is 2.71 bits per heavy atom. The number of aromatic nitrogens is 1. The first-order valence-electron chi connectivity index (χ1n) is 14.5. The maximum atomic E-state index is 14.3. The molecule has 2 aromatic heterocycles. The third-order valence-corrected chi connectivity index (χ3v) is 8.41. The number of hydrogen-bond donors (Lipinski definition) is 3. The van der Waals surface area contributed by atoms with Gasteiger partial charge in [-0.25, -0.2) is 13.6 Å². The van der Waals surface area contributed by atoms with E-state index in [1.165, 1.54) is 6.26 Å². The van der Waals surface area contributed by atoms with Crippen LogP contribution in [0.1, 0.15) is 38.2 Å². The summed E-state index contributed by atoms with van der Waals surface area (Å²) in [5.74, 6) is -0.621. The van der Waals surface area contributed by atoms with Gasteiger partial charge in [-0.1, -0.05) is 6.07 Å². The molecule has 1 amide bonds. The summed E-state index contributed by atoms with van der Waals surface area (Å²) in [6, 6.07) is 9.52. The molecule has 0 radical (unpaired) electrons. The molecule has 2 aliphatic rings. The number of halogens is 2. The fraction of sp³-hybridized carbons (Fsp3) is 0.452. The third-order valence-electron chi connectivity index (χ3n) is 8.41. The fourth-order valence-corrected chi connectivity index (χ4v) is 6.06. The predicted molar refractivity (Wildman–Crippen MR) is 154 cm³/mol. The summed E-state index contributed by atoms with van der Waals surface area (Å²) in [7, 11) is 0. The van der Waals surface area contributed by atoms with Crippen LogP contribution in [0.4, 0.5) is 13.6 Å². The number of aliphatic hydroxyl groups is 1. The van der Waals surface area contributed by atoms with E-state index in [0.29, 0.717) is 28.3 Å². The zero-order valence-electron chi connectivity index (χ0n) is 23.6. The summed E-state index contributed by atoms with van der Waals surface area (Å²) in [5, 5.41) is 13.6. The van der Waals surface area contributed by atoms with E-state index in [1.807, 2.05) is 6.07 Å². The van der Waals surface area contributed by atoms with Crippen molar-refractivity contribution >= 4 is 28.0 Å². The number of piperidine rings is 2. The average molecular weight is 583 g/mol. The second-order valence-electron chi connectivity index (χ2n) is 11.4. The number of aliphatic hydroxyl groups excluding tert-OH is 1. The van der Waals surface area contributed by atoms with Crippen LogP contribution in [-0.2, 0) is 6.61 Å². The average Bonchev–Trinajstić information content (AvgIpc) is 3.57. The van der Waals surface area contributed by atoms with Gasteiger partial charge in [-0.3, -0.25) is 4.90 Å². The number of furan rings is 1. The molecular weight excluding hydrogens is 546 g/mol. The van der Waals surface area contributed by atoms with Gasteiger partial charge in [-0.05, 0) is 44.7 Å². The van der Waals surface area contributed by atoms with Gasteiger partial charge in [0, 0.05) is 74.0 Å². The van der Waals surface area contributed by atoms with Crippen LogP contribution in [0.15, 0.2) is 47.1 Å². The Balaban J connectivity index is 1.01. The van der Waals surface area contributed by atoms with Crippen LogP contribution < -0.4 is 14.8 Å². The van der Waals surface area contributed by atoms with Crippen molar-refractivity contribution in [2.24, 2.45) is 0 Å². The molecule has 4 aromatic rings. The van der Waals surface area contributed by atoms with Crippen LogP contribution in [0.3, 0.4) is 0 Å². The molecule has 2 aliphatic heterocycles. The Kier molecular flexibility index (Phi) is 8.32. The molecule has 1 atom stereocenters. The van der Waals surface area contributed by atoms with Crippen molar-refractivity contribution in [2.45, 2.75) is 57.4 Å². The molecule has 2 saturated heterocycles. The molecule has 42 heavy (non-hydrogen) atoms. The van der Waals surface area contributed by atoms with Crippen molar-refractivity contribution in [2.75, 3.05) is 32.7 Å². The Labute approximate surface area is 242 Å². The van der Waals surface area contributed by atoms with E-state index in [0.717, 1.165) is 70.5 Å². The summed E-state index contributed by atoms with van der Waals surface area (Å²) in [5.41, 5.74) is 1.29. The largest absolute Gasteiger partial charge is 0.488 e. The molecule has 0 spiro atoms. The minimum atomic E-state index is -0.710. The smallest absolute Gasteiger partial charge is 0.414 e. The van der Waals surface area contributed by atoms with Gasteiger partial charge in [0.05, 0.1) is 23.3 Å². The van der Waals surface area contributed by atoms with E-state index in [2.05, 4.69) is 27.0 Å². The first-order valence-corrected chi connectivity index (χ1v) is 14.5. The Bertz CT molecular complexity index is 1540. The summed E-state index contributed by atoms with van der Waals surface area (Å²) in [4.78, 5) is 20.7. The maximum absolute atomic E-state index is 14.3. The second kappa shape index (κ2) is 12.3. The highest BCUT2D eigenvalue weighted by Gasteiger charge is 2.26. The number of benzene rings is 2. The summed E-state index contributed by atoms with van der Waals surface area (Å²) in [6.45, 7) is 6.94. The molecule has 2 fully saturated rings. The summed E-state index contributed by atoms with van der Waals surface area (Å²) >= 11 is 0. The van der Waals surface area contributed by atoms with Gasteiger partial charge in [0.25, 0.3) is 0 Å². The molecule has 6 rings (SSSR count). The van der Waals surface area contributed by atoms with Crippen LogP contribution in [0.25, 0.3) is 21.9 Å². The molecular formula is C31H36F2N4O5. The van der Waals surface area contributed by atoms with Gasteiger partial charge in [-0.2, -0.15) is 0 Å². The number of nitrogens with zero attached hydrogens (tertiary/aromatic N) is 2. The summed E-state index contributed by atoms with van der Waals surface area (Å²) < 4.78 is 44.7. The lowest BCUT2D eigenvalue weighted by atomic mass is 10.0. The quantitative estimate of drug-likeness (QED) is 0.263. The van der Waals surface area contributed by atoms with E-state index in [-0.39, 0.29) is 35.6 Å². The molecule has 224 valence electrons. The molecule has 2 aromatic carbocycles. The Morgan fingerprint density at radius 2 is 1.93 bits per heavy atom. The lowest BCUT2D eigenvalue weighted by Crippen LogP contribution is -2.50. The van der Waals surface area contributed by atoms with Gasteiger partial charge in [-0.15, -0.1) is 0 Å². The first-order chi connectivity index (χ1) is 20.3. The van der Waals surface area contributed by atoms with Crippen molar-refractivity contribution < 1.29 is 32.6 Å². The maximum Gasteiger partial charge on any atom is 0.414 e. The molecule has 0 saturated carbocycles. The number of carbonyl (C=O) groups excluding carboxylic acids is 1. The zero-order valence-corrected chi connectivity index (χ0v) is 23.6. The van der Waals surface area contributed by atoms with Gasteiger partial charge in [0.15, 0.2) is 0 Å². The molecule has 0 unspecified atom stereocenters. The minimum absolute atomic E-state index is 0.00908. The van der Waals surface area contributed by atoms with Crippen LogP contribution in [-0.4, -0.2) is 76.9 Å². The Hall–Kier alpha value is -3.67. The lowest BCUT2D eigenvalue weighted by Gasteiger charge is -2.39. The van der Waals surface area contributed by atoms with E-state index in [1.54, 1.807) is 18.2 Å². The van der Waals surface area contributed by atoms with Gasteiger partial charge in [0.1, 0.15) is 29.6 Å². The second-order valence-corrected chi connectivity index (χ2v) is 11.4. The topological polar surface area (TPSA) is 103 Å². The molecule has 4 heterocycles.